The van der Waals surface area contributed by atoms with E-state index in [9.17, 15) is 32.9 Å². The number of alkyl halides is 3. The van der Waals surface area contributed by atoms with Gasteiger partial charge in [0.15, 0.2) is 12.3 Å². The molecule has 2 aromatic heterocycles. The Bertz CT molecular complexity index is 1290. The van der Waals surface area contributed by atoms with Crippen molar-refractivity contribution in [2.24, 2.45) is 0 Å². The van der Waals surface area contributed by atoms with E-state index >= 15 is 0 Å². The number of esters is 1. The van der Waals surface area contributed by atoms with Crippen LogP contribution in [0.5, 0.6) is 0 Å². The van der Waals surface area contributed by atoms with Crippen LogP contribution in [0.3, 0.4) is 0 Å². The number of carbonyl (C=O) groups excluding carboxylic acids is 2. The van der Waals surface area contributed by atoms with E-state index in [4.69, 9.17) is 4.74 Å². The average molecular weight is 479 g/mol. The normalized spacial score (nSPS) is 11.5. The molecule has 0 bridgehead atoms. The minimum atomic E-state index is -4.78. The van der Waals surface area contributed by atoms with Gasteiger partial charge in [-0.25, -0.2) is 9.50 Å². The number of hydrogen-bond acceptors (Lipinski definition) is 7. The van der Waals surface area contributed by atoms with Crippen molar-refractivity contribution in [3.8, 4) is 0 Å². The number of aryl methyl sites for hydroxylation is 3. The molecular weight excluding hydrogens is 459 g/mol. The number of aromatic nitrogens is 3. The Labute approximate surface area is 190 Å². The van der Waals surface area contributed by atoms with Crippen molar-refractivity contribution in [3.05, 3.63) is 62.6 Å². The van der Waals surface area contributed by atoms with Crippen molar-refractivity contribution in [1.29, 1.82) is 0 Å². The maximum Gasteiger partial charge on any atom is 0.416 e. The minimum Gasteiger partial charge on any atom is -0.456 e. The first-order chi connectivity index (χ1) is 15.9. The van der Waals surface area contributed by atoms with Crippen LogP contribution in [0.15, 0.2) is 24.3 Å². The molecule has 0 spiro atoms. The molecule has 0 aliphatic rings. The zero-order valence-corrected chi connectivity index (χ0v) is 18.4. The smallest absolute Gasteiger partial charge is 0.416 e. The fourth-order valence-electron chi connectivity index (χ4n) is 3.40. The lowest BCUT2D eigenvalue weighted by atomic mass is 10.1. The van der Waals surface area contributed by atoms with Crippen LogP contribution < -0.4 is 5.32 Å². The molecule has 0 saturated heterocycles. The third kappa shape index (κ3) is 5.47. The molecule has 0 aliphatic heterocycles. The zero-order valence-electron chi connectivity index (χ0n) is 18.4. The van der Waals surface area contributed by atoms with Gasteiger partial charge in [0.2, 0.25) is 0 Å². The molecule has 0 atom stereocenters. The number of ether oxygens (including phenoxy) is 1. The molecule has 3 aromatic rings. The predicted molar refractivity (Wildman–Crippen MR) is 113 cm³/mol. The van der Waals surface area contributed by atoms with Crippen molar-refractivity contribution >= 4 is 28.9 Å². The van der Waals surface area contributed by atoms with Gasteiger partial charge in [-0.3, -0.25) is 19.7 Å². The van der Waals surface area contributed by atoms with E-state index in [0.717, 1.165) is 28.7 Å². The van der Waals surface area contributed by atoms with Gasteiger partial charge in [0.25, 0.3) is 11.6 Å². The van der Waals surface area contributed by atoms with Gasteiger partial charge < -0.3 is 10.1 Å². The number of nitrogens with zero attached hydrogens (tertiary/aromatic N) is 4. The van der Waals surface area contributed by atoms with Gasteiger partial charge in [0.05, 0.1) is 16.2 Å². The van der Waals surface area contributed by atoms with Gasteiger partial charge in [-0.1, -0.05) is 0 Å². The van der Waals surface area contributed by atoms with Crippen molar-refractivity contribution < 1.29 is 32.4 Å². The summed E-state index contributed by atoms with van der Waals surface area (Å²) in [5.41, 5.74) is 1.22. The van der Waals surface area contributed by atoms with Crippen LogP contribution in [0.1, 0.15) is 34.6 Å². The summed E-state index contributed by atoms with van der Waals surface area (Å²) in [5, 5.41) is 17.5. The average Bonchev–Trinajstić information content (AvgIpc) is 3.11. The van der Waals surface area contributed by atoms with E-state index in [1.54, 1.807) is 11.4 Å². The number of nitro groups is 1. The Kier molecular flexibility index (Phi) is 6.84. The standard InChI is InChI=1S/C21H20F3N5O5/c1-11-8-18-25-12(2)15(13(3)28(18)27-11)5-7-20(31)34-10-19(30)26-16-6-4-14(21(22,23)24)9-17(16)29(32)33/h4,6,8-9H,5,7,10H2,1-3H3,(H,26,30). The monoisotopic (exact) mass is 479 g/mol. The second kappa shape index (κ2) is 9.45. The summed E-state index contributed by atoms with van der Waals surface area (Å²) in [4.78, 5) is 38.7. The van der Waals surface area contributed by atoms with E-state index in [1.165, 1.54) is 0 Å². The van der Waals surface area contributed by atoms with E-state index < -0.39 is 46.5 Å². The van der Waals surface area contributed by atoms with Crippen LogP contribution in [-0.4, -0.2) is 38.0 Å². The molecule has 2 heterocycles. The summed E-state index contributed by atoms with van der Waals surface area (Å²) in [6, 6.07) is 3.52. The molecule has 0 fully saturated rings. The van der Waals surface area contributed by atoms with Gasteiger partial charge >= 0.3 is 12.1 Å². The van der Waals surface area contributed by atoms with Gasteiger partial charge in [-0.2, -0.15) is 18.3 Å². The topological polar surface area (TPSA) is 129 Å². The molecule has 0 aliphatic carbocycles. The largest absolute Gasteiger partial charge is 0.456 e. The van der Waals surface area contributed by atoms with Crippen LogP contribution in [0.2, 0.25) is 0 Å². The number of nitro benzene ring substituents is 1. The molecule has 34 heavy (non-hydrogen) atoms. The Morgan fingerprint density at radius 3 is 2.56 bits per heavy atom. The fourth-order valence-corrected chi connectivity index (χ4v) is 3.40. The van der Waals surface area contributed by atoms with Gasteiger partial charge in [-0.15, -0.1) is 0 Å². The number of hydrogen-bond donors (Lipinski definition) is 1. The number of nitrogens with one attached hydrogen (secondary N) is 1. The van der Waals surface area contributed by atoms with Crippen molar-refractivity contribution in [3.63, 3.8) is 0 Å². The lowest BCUT2D eigenvalue weighted by molar-refractivity contribution is -0.384. The third-order valence-corrected chi connectivity index (χ3v) is 5.03. The predicted octanol–water partition coefficient (Wildman–Crippen LogP) is 3.70. The molecule has 0 unspecified atom stereocenters. The Balaban J connectivity index is 1.59. The SMILES string of the molecule is Cc1cc2nc(C)c(CCC(=O)OCC(=O)Nc3ccc(C(F)(F)F)cc3[N+](=O)[O-])c(C)n2n1. The molecule has 13 heteroatoms. The second-order valence-corrected chi connectivity index (χ2v) is 7.51. The second-order valence-electron chi connectivity index (χ2n) is 7.51. The van der Waals surface area contributed by atoms with E-state index in [0.29, 0.717) is 17.8 Å². The van der Waals surface area contributed by atoms with Gasteiger partial charge in [-0.05, 0) is 44.9 Å². The first kappa shape index (κ1) is 24.6. The number of benzene rings is 1. The number of carbonyl (C=O) groups is 2. The Hall–Kier alpha value is -4.03. The summed E-state index contributed by atoms with van der Waals surface area (Å²) < 4.78 is 44.9. The van der Waals surface area contributed by atoms with Crippen molar-refractivity contribution in [1.82, 2.24) is 14.6 Å². The molecule has 0 radical (unpaired) electrons. The fraction of sp³-hybridized carbons (Fsp3) is 0.333. The molecule has 1 N–H and O–H groups in total. The lowest BCUT2D eigenvalue weighted by Gasteiger charge is -2.11. The first-order valence-corrected chi connectivity index (χ1v) is 10.0. The van der Waals surface area contributed by atoms with Crippen LogP contribution in [0.25, 0.3) is 5.65 Å². The molecule has 180 valence electrons. The Morgan fingerprint density at radius 2 is 1.91 bits per heavy atom. The summed E-state index contributed by atoms with van der Waals surface area (Å²) in [6.45, 7) is 4.73. The molecule has 0 saturated carbocycles. The van der Waals surface area contributed by atoms with Crippen LogP contribution in [0.4, 0.5) is 24.5 Å². The summed E-state index contributed by atoms with van der Waals surface area (Å²) in [6.07, 6.45) is -4.57. The molecule has 1 aromatic carbocycles. The van der Waals surface area contributed by atoms with Crippen LogP contribution >= 0.6 is 0 Å². The van der Waals surface area contributed by atoms with Gasteiger partial charge in [0, 0.05) is 29.9 Å². The summed E-state index contributed by atoms with van der Waals surface area (Å²) in [5.74, 6) is -1.63. The highest BCUT2D eigenvalue weighted by Gasteiger charge is 2.33. The minimum absolute atomic E-state index is 0.0666. The zero-order chi connectivity index (χ0) is 25.2. The van der Waals surface area contributed by atoms with Crippen LogP contribution in [-0.2, 0) is 26.9 Å². The van der Waals surface area contributed by atoms with E-state index in [-0.39, 0.29) is 12.8 Å². The first-order valence-electron chi connectivity index (χ1n) is 10.0. The molecular formula is C21H20F3N5O5. The van der Waals surface area contributed by atoms with Crippen LogP contribution in [0, 0.1) is 30.9 Å². The maximum absolute atomic E-state index is 12.8. The number of anilines is 1. The molecule has 3 rings (SSSR count). The summed E-state index contributed by atoms with van der Waals surface area (Å²) >= 11 is 0. The highest BCUT2D eigenvalue weighted by molar-refractivity contribution is 5.94. The highest BCUT2D eigenvalue weighted by atomic mass is 19.4. The van der Waals surface area contributed by atoms with Gasteiger partial charge in [0.1, 0.15) is 5.69 Å². The number of rotatable bonds is 7. The maximum atomic E-state index is 12.8. The summed E-state index contributed by atoms with van der Waals surface area (Å²) in [7, 11) is 0. The van der Waals surface area contributed by atoms with Crippen molar-refractivity contribution in [2.75, 3.05) is 11.9 Å². The van der Waals surface area contributed by atoms with E-state index in [1.807, 2.05) is 19.9 Å². The number of amides is 1. The quantitative estimate of drug-likeness (QED) is 0.311. The Morgan fingerprint density at radius 1 is 1.21 bits per heavy atom. The third-order valence-electron chi connectivity index (χ3n) is 5.03. The number of fused-ring (bicyclic) bond motifs is 1. The van der Waals surface area contributed by atoms with E-state index in [2.05, 4.69) is 15.4 Å². The highest BCUT2D eigenvalue weighted by Crippen LogP contribution is 2.34. The lowest BCUT2D eigenvalue weighted by Crippen LogP contribution is -2.22. The molecule has 10 nitrogen and oxygen atoms in total. The number of halogens is 3. The van der Waals surface area contributed by atoms with Crippen molar-refractivity contribution in [2.45, 2.75) is 39.8 Å². The molecule has 1 amide bonds.